The molecule has 18 heavy (non-hydrogen) atoms. The van der Waals surface area contributed by atoms with Crippen LogP contribution in [-0.2, 0) is 4.79 Å². The van der Waals surface area contributed by atoms with Crippen molar-refractivity contribution in [1.29, 1.82) is 0 Å². The van der Waals surface area contributed by atoms with Gasteiger partial charge in [0.2, 0.25) is 5.91 Å². The first-order valence-electron chi connectivity index (χ1n) is 6.53. The van der Waals surface area contributed by atoms with Crippen LogP contribution in [0.5, 0.6) is 0 Å². The first kappa shape index (κ1) is 13.4. The van der Waals surface area contributed by atoms with Crippen molar-refractivity contribution in [3.63, 3.8) is 0 Å². The maximum Gasteiger partial charge on any atom is 0.228 e. The predicted molar refractivity (Wildman–Crippen MR) is 76.1 cm³/mol. The maximum absolute atomic E-state index is 12.1. The molecule has 0 aliphatic carbocycles. The van der Waals surface area contributed by atoms with Gasteiger partial charge in [0.05, 0.1) is 5.92 Å². The lowest BCUT2D eigenvalue weighted by Crippen LogP contribution is -2.35. The Bertz CT molecular complexity index is 409. The molecule has 0 spiro atoms. The maximum atomic E-state index is 12.1. The fraction of sp³-hybridized carbons (Fsp3) is 0.500. The molecule has 2 N–H and O–H groups in total. The Labute approximate surface area is 113 Å². The Morgan fingerprint density at radius 2 is 2.17 bits per heavy atom. The molecule has 0 saturated carbocycles. The van der Waals surface area contributed by atoms with E-state index in [4.69, 9.17) is 0 Å². The second-order valence-corrected chi connectivity index (χ2v) is 5.50. The molecule has 1 heterocycles. The van der Waals surface area contributed by atoms with Crippen LogP contribution in [0.3, 0.4) is 0 Å². The third kappa shape index (κ3) is 3.27. The molecule has 0 saturated heterocycles. The highest BCUT2D eigenvalue weighted by atomic mass is 32.2. The zero-order chi connectivity index (χ0) is 12.8. The summed E-state index contributed by atoms with van der Waals surface area (Å²) in [7, 11) is 0. The zero-order valence-corrected chi connectivity index (χ0v) is 11.6. The molecule has 4 heteroatoms. The number of benzene rings is 1. The van der Waals surface area contributed by atoms with Gasteiger partial charge in [-0.25, -0.2) is 0 Å². The molecule has 98 valence electrons. The lowest BCUT2D eigenvalue weighted by atomic mass is 10.0. The summed E-state index contributed by atoms with van der Waals surface area (Å²) in [6.45, 7) is 4.71. The average molecular weight is 264 g/mol. The Kier molecular flexibility index (Phi) is 5.08. The van der Waals surface area contributed by atoms with Gasteiger partial charge < -0.3 is 10.6 Å². The first-order valence-corrected chi connectivity index (χ1v) is 7.51. The molecule has 1 atom stereocenters. The summed E-state index contributed by atoms with van der Waals surface area (Å²) in [5.41, 5.74) is 1.18. The van der Waals surface area contributed by atoms with Gasteiger partial charge in [0.15, 0.2) is 0 Å². The van der Waals surface area contributed by atoms with Crippen LogP contribution in [-0.4, -0.2) is 31.3 Å². The van der Waals surface area contributed by atoms with Crippen molar-refractivity contribution < 1.29 is 4.79 Å². The monoisotopic (exact) mass is 264 g/mol. The number of carbonyl (C=O) groups is 1. The topological polar surface area (TPSA) is 41.1 Å². The summed E-state index contributed by atoms with van der Waals surface area (Å²) in [4.78, 5) is 13.3. The van der Waals surface area contributed by atoms with Crippen LogP contribution >= 0.6 is 11.8 Å². The van der Waals surface area contributed by atoms with Crippen LogP contribution in [0.4, 0.5) is 0 Å². The molecule has 0 aromatic heterocycles. The molecule has 1 aromatic carbocycles. The Morgan fingerprint density at radius 3 is 3.00 bits per heavy atom. The van der Waals surface area contributed by atoms with E-state index in [0.717, 1.165) is 25.3 Å². The van der Waals surface area contributed by atoms with Crippen molar-refractivity contribution >= 4 is 17.7 Å². The Balaban J connectivity index is 1.80. The number of thioether (sulfide) groups is 1. The van der Waals surface area contributed by atoms with Gasteiger partial charge in [0.1, 0.15) is 0 Å². The van der Waals surface area contributed by atoms with E-state index in [2.05, 4.69) is 29.7 Å². The highest BCUT2D eigenvalue weighted by Crippen LogP contribution is 2.39. The second kappa shape index (κ2) is 6.81. The van der Waals surface area contributed by atoms with E-state index in [1.54, 1.807) is 11.8 Å². The van der Waals surface area contributed by atoms with E-state index < -0.39 is 0 Å². The highest BCUT2D eigenvalue weighted by molar-refractivity contribution is 7.99. The molecular weight excluding hydrogens is 244 g/mol. The lowest BCUT2D eigenvalue weighted by molar-refractivity contribution is -0.122. The van der Waals surface area contributed by atoms with E-state index in [9.17, 15) is 4.79 Å². The van der Waals surface area contributed by atoms with E-state index in [1.165, 1.54) is 10.5 Å². The van der Waals surface area contributed by atoms with Crippen molar-refractivity contribution in [3.05, 3.63) is 29.8 Å². The third-order valence-corrected chi connectivity index (χ3v) is 4.23. The van der Waals surface area contributed by atoms with E-state index in [-0.39, 0.29) is 11.8 Å². The van der Waals surface area contributed by atoms with E-state index in [0.29, 0.717) is 6.54 Å². The van der Waals surface area contributed by atoms with E-state index in [1.807, 2.05) is 12.1 Å². The van der Waals surface area contributed by atoms with Crippen molar-refractivity contribution in [3.8, 4) is 0 Å². The van der Waals surface area contributed by atoms with Crippen LogP contribution in [0, 0.1) is 0 Å². The molecular formula is C14H20N2OS. The van der Waals surface area contributed by atoms with Gasteiger partial charge in [-0.3, -0.25) is 4.79 Å². The summed E-state index contributed by atoms with van der Waals surface area (Å²) in [5.74, 6) is 1.05. The minimum Gasteiger partial charge on any atom is -0.354 e. The molecule has 1 aliphatic rings. The van der Waals surface area contributed by atoms with Gasteiger partial charge in [0.25, 0.3) is 0 Å². The first-order chi connectivity index (χ1) is 8.83. The van der Waals surface area contributed by atoms with Crippen LogP contribution in [0.2, 0.25) is 0 Å². The molecule has 1 amide bonds. The van der Waals surface area contributed by atoms with Gasteiger partial charge in [0, 0.05) is 23.7 Å². The summed E-state index contributed by atoms with van der Waals surface area (Å²) >= 11 is 1.78. The summed E-state index contributed by atoms with van der Waals surface area (Å²) in [5, 5.41) is 6.29. The SMILES string of the molecule is CCCNCCNC(=O)C1CSc2ccccc21. The van der Waals surface area contributed by atoms with Gasteiger partial charge >= 0.3 is 0 Å². The molecule has 3 nitrogen and oxygen atoms in total. The van der Waals surface area contributed by atoms with Gasteiger partial charge in [-0.1, -0.05) is 25.1 Å². The number of carbonyl (C=O) groups excluding carboxylic acids is 1. The highest BCUT2D eigenvalue weighted by Gasteiger charge is 2.28. The smallest absolute Gasteiger partial charge is 0.228 e. The molecule has 2 rings (SSSR count). The number of rotatable bonds is 6. The van der Waals surface area contributed by atoms with Crippen molar-refractivity contribution in [1.82, 2.24) is 10.6 Å². The van der Waals surface area contributed by atoms with Crippen molar-refractivity contribution in [2.45, 2.75) is 24.2 Å². The minimum atomic E-state index is 0.0253. The van der Waals surface area contributed by atoms with Crippen LogP contribution in [0.25, 0.3) is 0 Å². The molecule has 1 aromatic rings. The van der Waals surface area contributed by atoms with Gasteiger partial charge in [-0.15, -0.1) is 11.8 Å². The number of amides is 1. The quantitative estimate of drug-likeness (QED) is 0.772. The predicted octanol–water partition coefficient (Wildman–Crippen LogP) is 1.99. The number of hydrogen-bond donors (Lipinski definition) is 2. The number of hydrogen-bond acceptors (Lipinski definition) is 3. The van der Waals surface area contributed by atoms with Crippen LogP contribution in [0.1, 0.15) is 24.8 Å². The third-order valence-electron chi connectivity index (χ3n) is 3.04. The lowest BCUT2D eigenvalue weighted by Gasteiger charge is -2.11. The van der Waals surface area contributed by atoms with Crippen molar-refractivity contribution in [2.24, 2.45) is 0 Å². The summed E-state index contributed by atoms with van der Waals surface area (Å²) < 4.78 is 0. The Hall–Kier alpha value is -1.00. The standard InChI is InChI=1S/C14H20N2OS/c1-2-7-15-8-9-16-14(17)12-10-18-13-6-4-3-5-11(12)13/h3-6,12,15H,2,7-10H2,1H3,(H,16,17). The summed E-state index contributed by atoms with van der Waals surface area (Å²) in [6, 6.07) is 8.19. The summed E-state index contributed by atoms with van der Waals surface area (Å²) in [6.07, 6.45) is 1.13. The zero-order valence-electron chi connectivity index (χ0n) is 10.7. The van der Waals surface area contributed by atoms with Crippen molar-refractivity contribution in [2.75, 3.05) is 25.4 Å². The Morgan fingerprint density at radius 1 is 1.33 bits per heavy atom. The fourth-order valence-corrected chi connectivity index (χ4v) is 3.31. The molecule has 0 radical (unpaired) electrons. The molecule has 1 aliphatic heterocycles. The van der Waals surface area contributed by atoms with Crippen LogP contribution < -0.4 is 10.6 Å². The molecule has 1 unspecified atom stereocenters. The van der Waals surface area contributed by atoms with Gasteiger partial charge in [-0.05, 0) is 24.6 Å². The average Bonchev–Trinajstić information content (AvgIpc) is 2.82. The minimum absolute atomic E-state index is 0.0253. The van der Waals surface area contributed by atoms with Crippen LogP contribution in [0.15, 0.2) is 29.2 Å². The molecule has 0 bridgehead atoms. The fourth-order valence-electron chi connectivity index (χ4n) is 2.08. The second-order valence-electron chi connectivity index (χ2n) is 4.44. The number of fused-ring (bicyclic) bond motifs is 1. The number of nitrogens with one attached hydrogen (secondary N) is 2. The van der Waals surface area contributed by atoms with Gasteiger partial charge in [-0.2, -0.15) is 0 Å². The normalized spacial score (nSPS) is 17.5. The van der Waals surface area contributed by atoms with E-state index >= 15 is 0 Å². The largest absolute Gasteiger partial charge is 0.354 e. The molecule has 0 fully saturated rings.